The highest BCUT2D eigenvalue weighted by Gasteiger charge is 2.60. The number of aromatic nitrogens is 2. The second-order valence-electron chi connectivity index (χ2n) is 10.2. The lowest BCUT2D eigenvalue weighted by molar-refractivity contribution is -0.721. The SMILES string of the molecule is CSc1c2sc(C3=C(C(=O)OCc4ccc([N+](=O)[O-])cc4)N4C(=O)[C@H]([C@@H](C)O)[C@H]4[C@H]3C)cn2c[n+]1Cc1cccs1.[I-]. The fraction of sp³-hybridized carbons (Fsp3) is 0.321. The number of imidazole rings is 1. The van der Waals surface area contributed by atoms with Gasteiger partial charge in [0, 0.05) is 28.5 Å². The monoisotopic (exact) mass is 738 g/mol. The van der Waals surface area contributed by atoms with Crippen LogP contribution in [0.1, 0.15) is 29.2 Å². The molecule has 1 N–H and O–H groups in total. The highest BCUT2D eigenvalue weighted by atomic mass is 127. The first-order chi connectivity index (χ1) is 19.7. The number of aliphatic hydroxyl groups excluding tert-OH is 1. The van der Waals surface area contributed by atoms with E-state index in [1.165, 1.54) is 34.0 Å². The Morgan fingerprint density at radius 2 is 2.02 bits per heavy atom. The third-order valence-corrected chi connectivity index (χ3v) is 10.6. The lowest BCUT2D eigenvalue weighted by Gasteiger charge is -2.46. The molecule has 10 nitrogen and oxygen atoms in total. The Hall–Kier alpha value is -2.79. The van der Waals surface area contributed by atoms with Gasteiger partial charge in [0.15, 0.2) is 0 Å². The maximum absolute atomic E-state index is 13.6. The number of esters is 1. The van der Waals surface area contributed by atoms with Crippen LogP contribution in [0.3, 0.4) is 0 Å². The number of rotatable bonds is 9. The van der Waals surface area contributed by atoms with E-state index >= 15 is 0 Å². The smallest absolute Gasteiger partial charge is 0.355 e. The maximum Gasteiger partial charge on any atom is 0.355 e. The summed E-state index contributed by atoms with van der Waals surface area (Å²) in [6.45, 7) is 4.24. The normalized spacial score (nSPS) is 20.3. The van der Waals surface area contributed by atoms with Crippen LogP contribution in [0.25, 0.3) is 10.4 Å². The van der Waals surface area contributed by atoms with Crippen LogP contribution in [-0.2, 0) is 27.5 Å². The third-order valence-electron chi connectivity index (χ3n) is 7.65. The maximum atomic E-state index is 13.6. The molecule has 42 heavy (non-hydrogen) atoms. The molecule has 0 spiro atoms. The lowest BCUT2D eigenvalue weighted by atomic mass is 9.77. The summed E-state index contributed by atoms with van der Waals surface area (Å²) in [6, 6.07) is 9.60. The van der Waals surface area contributed by atoms with Crippen LogP contribution < -0.4 is 28.5 Å². The number of aliphatic hydroxyl groups is 1. The van der Waals surface area contributed by atoms with E-state index in [9.17, 15) is 24.8 Å². The van der Waals surface area contributed by atoms with Crippen LogP contribution in [0.2, 0.25) is 0 Å². The first kappa shape index (κ1) is 30.7. The van der Waals surface area contributed by atoms with Crippen molar-refractivity contribution in [2.24, 2.45) is 11.8 Å². The number of halogens is 1. The number of nitro groups is 1. The van der Waals surface area contributed by atoms with Crippen molar-refractivity contribution in [3.63, 3.8) is 0 Å². The zero-order valence-corrected chi connectivity index (χ0v) is 27.4. The van der Waals surface area contributed by atoms with E-state index in [-0.39, 0.29) is 59.8 Å². The Bertz CT molecular complexity index is 1700. The molecular weight excluding hydrogens is 711 g/mol. The minimum Gasteiger partial charge on any atom is -1.00 e. The van der Waals surface area contributed by atoms with E-state index in [2.05, 4.69) is 20.4 Å². The summed E-state index contributed by atoms with van der Waals surface area (Å²) in [7, 11) is 0. The van der Waals surface area contributed by atoms with Crippen LogP contribution in [0, 0.1) is 22.0 Å². The highest BCUT2D eigenvalue weighted by Crippen LogP contribution is 2.52. The van der Waals surface area contributed by atoms with Crippen molar-refractivity contribution < 1.29 is 52.9 Å². The summed E-state index contributed by atoms with van der Waals surface area (Å²) in [5, 5.41) is 24.5. The lowest BCUT2D eigenvalue weighted by Crippen LogP contribution is -3.00. The predicted molar refractivity (Wildman–Crippen MR) is 155 cm³/mol. The number of carbonyl (C=O) groups is 2. The van der Waals surface area contributed by atoms with Crippen LogP contribution in [-0.4, -0.2) is 49.6 Å². The number of hydrogen-bond acceptors (Lipinski definition) is 9. The number of thioether (sulfide) groups is 1. The molecule has 3 aromatic heterocycles. The van der Waals surface area contributed by atoms with Crippen molar-refractivity contribution in [3.05, 3.63) is 85.4 Å². The number of hydrogen-bond donors (Lipinski definition) is 1. The molecule has 1 aromatic carbocycles. The van der Waals surface area contributed by atoms with Crippen LogP contribution in [0.4, 0.5) is 5.69 Å². The second kappa shape index (κ2) is 12.1. The van der Waals surface area contributed by atoms with E-state index in [0.717, 1.165) is 26.9 Å². The number of nitro benzene ring substituents is 1. The first-order valence-electron chi connectivity index (χ1n) is 13.0. The number of ether oxygens (including phenoxy) is 1. The number of carbonyl (C=O) groups excluding carboxylic acids is 2. The van der Waals surface area contributed by atoms with Crippen LogP contribution in [0.5, 0.6) is 0 Å². The van der Waals surface area contributed by atoms with Gasteiger partial charge in [0.2, 0.25) is 15.8 Å². The van der Waals surface area contributed by atoms with Gasteiger partial charge < -0.3 is 38.7 Å². The Labute approximate surface area is 270 Å². The van der Waals surface area contributed by atoms with E-state index in [0.29, 0.717) is 5.56 Å². The summed E-state index contributed by atoms with van der Waals surface area (Å²) in [5.74, 6) is -1.73. The molecule has 1 saturated heterocycles. The van der Waals surface area contributed by atoms with Gasteiger partial charge in [-0.2, -0.15) is 4.40 Å². The molecule has 4 atom stereocenters. The van der Waals surface area contributed by atoms with Gasteiger partial charge in [-0.1, -0.05) is 36.1 Å². The predicted octanol–water partition coefficient (Wildman–Crippen LogP) is 1.34. The van der Waals surface area contributed by atoms with Gasteiger partial charge in [-0.3, -0.25) is 14.9 Å². The number of amides is 1. The fourth-order valence-corrected chi connectivity index (χ4v) is 8.64. The molecule has 2 aliphatic heterocycles. The quantitative estimate of drug-likeness (QED) is 0.0525. The largest absolute Gasteiger partial charge is 1.00 e. The van der Waals surface area contributed by atoms with Crippen molar-refractivity contribution in [3.8, 4) is 0 Å². The van der Waals surface area contributed by atoms with Crippen LogP contribution in [0.15, 0.2) is 65.0 Å². The minimum atomic E-state index is -0.846. The Morgan fingerprint density at radius 3 is 2.64 bits per heavy atom. The molecule has 0 saturated carbocycles. The number of nitrogens with zero attached hydrogens (tertiary/aromatic N) is 4. The van der Waals surface area contributed by atoms with Gasteiger partial charge in [0.05, 0.1) is 27.9 Å². The molecule has 0 radical (unpaired) electrons. The average Bonchev–Trinajstić information content (AvgIpc) is 3.70. The standard InChI is InChI=1S/C28H27N4O6S3.HI/c1-15-21(20-12-30-14-29(11-19-5-4-10-40-19)26(39-3)27(30)41-20)24(31-23(15)22(16(2)33)25(31)34)28(35)38-13-17-6-8-18(9-7-17)32(36)37;/h4-10,12,14-16,22-23,33H,11,13H2,1-3H3;1H/q+1;/p-1/t15-,16+,22+,23+;/m0./s1. The zero-order valence-electron chi connectivity index (χ0n) is 22.8. The summed E-state index contributed by atoms with van der Waals surface area (Å²) >= 11 is 4.92. The fourth-order valence-electron chi connectivity index (χ4n) is 5.76. The van der Waals surface area contributed by atoms with E-state index in [1.54, 1.807) is 41.4 Å². The highest BCUT2D eigenvalue weighted by molar-refractivity contribution is 7.98. The van der Waals surface area contributed by atoms with Gasteiger partial charge in [-0.15, -0.1) is 11.3 Å². The van der Waals surface area contributed by atoms with Crippen molar-refractivity contribution in [2.75, 3.05) is 6.26 Å². The van der Waals surface area contributed by atoms with E-state index in [4.69, 9.17) is 4.74 Å². The molecule has 0 bridgehead atoms. The van der Waals surface area contributed by atoms with Gasteiger partial charge in [0.25, 0.3) is 12.0 Å². The molecule has 2 aliphatic rings. The zero-order chi connectivity index (χ0) is 29.0. The van der Waals surface area contributed by atoms with Gasteiger partial charge in [-0.25, -0.2) is 9.36 Å². The molecule has 1 amide bonds. The molecule has 4 aromatic rings. The second-order valence-corrected chi connectivity index (χ2v) is 13.0. The average molecular weight is 739 g/mol. The Balaban J connectivity index is 0.00000353. The molecule has 0 unspecified atom stereocenters. The summed E-state index contributed by atoms with van der Waals surface area (Å²) in [4.78, 5) is 41.9. The number of β-lactam (4-membered cyclic amide) rings is 1. The molecule has 0 aliphatic carbocycles. The number of benzene rings is 1. The molecular formula is C28H27IN4O6S3. The molecule has 5 heterocycles. The van der Waals surface area contributed by atoms with Crippen molar-refractivity contribution >= 4 is 62.4 Å². The van der Waals surface area contributed by atoms with Gasteiger partial charge in [0.1, 0.15) is 25.0 Å². The Morgan fingerprint density at radius 1 is 1.29 bits per heavy atom. The molecule has 14 heteroatoms. The van der Waals surface area contributed by atoms with Crippen LogP contribution >= 0.6 is 34.4 Å². The van der Waals surface area contributed by atoms with Gasteiger partial charge >= 0.3 is 5.97 Å². The molecule has 6 rings (SSSR count). The van der Waals surface area contributed by atoms with Crippen molar-refractivity contribution in [1.82, 2.24) is 9.30 Å². The van der Waals surface area contributed by atoms with Crippen molar-refractivity contribution in [2.45, 2.75) is 44.2 Å². The first-order valence-corrected chi connectivity index (χ1v) is 15.9. The third kappa shape index (κ3) is 5.16. The van der Waals surface area contributed by atoms with Crippen molar-refractivity contribution in [1.29, 1.82) is 0 Å². The van der Waals surface area contributed by atoms with E-state index in [1.807, 2.05) is 31.8 Å². The number of fused-ring (bicyclic) bond motifs is 2. The topological polar surface area (TPSA) is 118 Å². The summed E-state index contributed by atoms with van der Waals surface area (Å²) in [5.41, 5.74) is 1.47. The number of non-ortho nitro benzene ring substituents is 1. The number of thiazole rings is 1. The van der Waals surface area contributed by atoms with Gasteiger partial charge in [-0.05, 0) is 42.3 Å². The molecule has 220 valence electrons. The molecule has 1 fully saturated rings. The minimum absolute atomic E-state index is 0. The Kier molecular flexibility index (Phi) is 8.81. The number of thiophene rings is 1. The summed E-state index contributed by atoms with van der Waals surface area (Å²) < 4.78 is 9.92. The van der Waals surface area contributed by atoms with E-state index < -0.39 is 22.9 Å². The summed E-state index contributed by atoms with van der Waals surface area (Å²) in [6.07, 6.45) is 5.23.